The van der Waals surface area contributed by atoms with Crippen LogP contribution >= 0.6 is 11.5 Å². The number of hydroxylamine groups is 1. The number of nitrogens with zero attached hydrogens (tertiary/aromatic N) is 2. The molecule has 1 heterocycles. The van der Waals surface area contributed by atoms with Gasteiger partial charge in [-0.15, -0.1) is 0 Å². The Morgan fingerprint density at radius 2 is 2.78 bits per heavy atom. The molecule has 0 fully saturated rings. The van der Waals surface area contributed by atoms with E-state index in [4.69, 9.17) is 0 Å². The van der Waals surface area contributed by atoms with Crippen LogP contribution in [0.1, 0.15) is 0 Å². The van der Waals surface area contributed by atoms with Crippen LogP contribution in [0, 0.1) is 0 Å². The zero-order valence-electron chi connectivity index (χ0n) is 4.27. The first-order chi connectivity index (χ1) is 4.43. The number of amides is 1. The Morgan fingerprint density at radius 3 is 3.33 bits per heavy atom. The van der Waals surface area contributed by atoms with Gasteiger partial charge in [-0.05, 0) is 11.5 Å². The van der Waals surface area contributed by atoms with Gasteiger partial charge in [0.1, 0.15) is 0 Å². The average molecular weight is 145 g/mol. The van der Waals surface area contributed by atoms with E-state index in [1.807, 2.05) is 5.48 Å². The van der Waals surface area contributed by atoms with Crippen LogP contribution in [0.5, 0.6) is 5.88 Å². The minimum absolute atomic E-state index is 0.298. The molecule has 0 radical (unpaired) electrons. The molecule has 6 heteroatoms. The van der Waals surface area contributed by atoms with Gasteiger partial charge in [0.25, 0.3) is 5.88 Å². The first-order valence-corrected chi connectivity index (χ1v) is 2.90. The van der Waals surface area contributed by atoms with Crippen molar-refractivity contribution in [1.82, 2.24) is 15.1 Å². The highest BCUT2D eigenvalue weighted by Gasteiger charge is 1.92. The quantitative estimate of drug-likeness (QED) is 0.463. The summed E-state index contributed by atoms with van der Waals surface area (Å²) in [6, 6.07) is 0. The Hall–Kier alpha value is -1.17. The van der Waals surface area contributed by atoms with Gasteiger partial charge in [0.2, 0.25) is 6.41 Å². The van der Waals surface area contributed by atoms with Gasteiger partial charge in [0.05, 0.1) is 5.38 Å². The van der Waals surface area contributed by atoms with Crippen LogP contribution in [-0.2, 0) is 4.79 Å². The molecule has 48 valence electrons. The van der Waals surface area contributed by atoms with Gasteiger partial charge in [-0.1, -0.05) is 9.59 Å². The predicted molar refractivity (Wildman–Crippen MR) is 29.7 cm³/mol. The molecular weight excluding hydrogens is 142 g/mol. The molecule has 1 aromatic rings. The molecule has 0 aliphatic carbocycles. The first kappa shape index (κ1) is 5.96. The van der Waals surface area contributed by atoms with Gasteiger partial charge in [-0.3, -0.25) is 4.79 Å². The summed E-state index contributed by atoms with van der Waals surface area (Å²) < 4.78 is 3.49. The first-order valence-electron chi connectivity index (χ1n) is 2.06. The van der Waals surface area contributed by atoms with Crippen molar-refractivity contribution in [3.05, 3.63) is 5.38 Å². The van der Waals surface area contributed by atoms with Crippen molar-refractivity contribution in [2.45, 2.75) is 0 Å². The fraction of sp³-hybridized carbons (Fsp3) is 0. The van der Waals surface area contributed by atoms with E-state index in [2.05, 4.69) is 14.4 Å². The van der Waals surface area contributed by atoms with Crippen LogP contribution in [0.3, 0.4) is 0 Å². The highest BCUT2D eigenvalue weighted by molar-refractivity contribution is 7.03. The minimum atomic E-state index is 0.298. The molecule has 0 unspecified atom stereocenters. The van der Waals surface area contributed by atoms with Crippen LogP contribution < -0.4 is 10.3 Å². The van der Waals surface area contributed by atoms with Crippen molar-refractivity contribution in [2.75, 3.05) is 0 Å². The van der Waals surface area contributed by atoms with E-state index in [0.717, 1.165) is 11.5 Å². The maximum atomic E-state index is 9.62. The molecule has 1 aromatic heterocycles. The number of nitrogens with one attached hydrogen (secondary N) is 1. The van der Waals surface area contributed by atoms with Crippen molar-refractivity contribution in [2.24, 2.45) is 0 Å². The summed E-state index contributed by atoms with van der Waals surface area (Å²) in [5.41, 5.74) is 1.97. The topological polar surface area (TPSA) is 64.1 Å². The van der Waals surface area contributed by atoms with Gasteiger partial charge in [0, 0.05) is 0 Å². The fourth-order valence-electron chi connectivity index (χ4n) is 0.285. The molecule has 0 aliphatic rings. The maximum Gasteiger partial charge on any atom is 0.277 e. The zero-order valence-corrected chi connectivity index (χ0v) is 5.09. The molecule has 9 heavy (non-hydrogen) atoms. The monoisotopic (exact) mass is 145 g/mol. The summed E-state index contributed by atoms with van der Waals surface area (Å²) in [5, 5.41) is 5.04. The highest BCUT2D eigenvalue weighted by Crippen LogP contribution is 2.03. The molecule has 1 amide bonds. The van der Waals surface area contributed by atoms with E-state index in [-0.39, 0.29) is 0 Å². The summed E-state index contributed by atoms with van der Waals surface area (Å²) in [6.45, 7) is 0. The molecule has 0 atom stereocenters. The van der Waals surface area contributed by atoms with Gasteiger partial charge in [0.15, 0.2) is 0 Å². The van der Waals surface area contributed by atoms with E-state index in [9.17, 15) is 4.79 Å². The number of carbonyl (C=O) groups is 1. The van der Waals surface area contributed by atoms with Crippen molar-refractivity contribution in [3.63, 3.8) is 0 Å². The third kappa shape index (κ3) is 1.65. The third-order valence-corrected chi connectivity index (χ3v) is 1.03. The molecule has 0 aromatic carbocycles. The van der Waals surface area contributed by atoms with Crippen LogP contribution in [0.25, 0.3) is 0 Å². The highest BCUT2D eigenvalue weighted by atomic mass is 32.1. The molecule has 0 spiro atoms. The van der Waals surface area contributed by atoms with E-state index in [1.54, 1.807) is 5.38 Å². The lowest BCUT2D eigenvalue weighted by molar-refractivity contribution is -0.115. The zero-order chi connectivity index (χ0) is 6.53. The van der Waals surface area contributed by atoms with Crippen molar-refractivity contribution < 1.29 is 9.63 Å². The van der Waals surface area contributed by atoms with E-state index in [1.165, 1.54) is 0 Å². The lowest BCUT2D eigenvalue weighted by Gasteiger charge is -1.92. The normalized spacial score (nSPS) is 8.44. The number of hydrogen-bond acceptors (Lipinski definition) is 5. The number of hydrogen-bond donors (Lipinski definition) is 1. The molecule has 0 saturated carbocycles. The Labute approximate surface area is 54.8 Å². The van der Waals surface area contributed by atoms with Gasteiger partial charge < -0.3 is 4.84 Å². The van der Waals surface area contributed by atoms with Gasteiger partial charge in [-0.25, -0.2) is 0 Å². The van der Waals surface area contributed by atoms with Crippen molar-refractivity contribution in [1.29, 1.82) is 0 Å². The molecular formula is C3H3N3O2S. The summed E-state index contributed by atoms with van der Waals surface area (Å²) in [7, 11) is 0. The summed E-state index contributed by atoms with van der Waals surface area (Å²) >= 11 is 1.15. The Balaban J connectivity index is 2.38. The molecule has 0 aliphatic heterocycles. The Bertz CT molecular complexity index is 175. The number of rotatable bonds is 3. The average Bonchev–Trinajstić information content (AvgIpc) is 2.34. The minimum Gasteiger partial charge on any atom is -0.357 e. The molecule has 1 rings (SSSR count). The second kappa shape index (κ2) is 2.98. The Kier molecular flexibility index (Phi) is 1.97. The van der Waals surface area contributed by atoms with Gasteiger partial charge >= 0.3 is 0 Å². The number of aromatic nitrogens is 2. The summed E-state index contributed by atoms with van der Waals surface area (Å²) in [6.07, 6.45) is 0.416. The van der Waals surface area contributed by atoms with Crippen molar-refractivity contribution >= 4 is 17.9 Å². The van der Waals surface area contributed by atoms with Crippen LogP contribution in [0.2, 0.25) is 0 Å². The third-order valence-electron chi connectivity index (χ3n) is 0.552. The molecule has 1 N–H and O–H groups in total. The van der Waals surface area contributed by atoms with Crippen LogP contribution in [0.4, 0.5) is 0 Å². The standard InChI is InChI=1S/C3H3N3O2S/c7-2-4-8-3-1-9-6-5-3/h1-2H,(H,4,7). The number of carbonyl (C=O) groups excluding carboxylic acids is 1. The smallest absolute Gasteiger partial charge is 0.277 e. The van der Waals surface area contributed by atoms with E-state index < -0.39 is 0 Å². The summed E-state index contributed by atoms with van der Waals surface area (Å²) in [4.78, 5) is 14.1. The van der Waals surface area contributed by atoms with Gasteiger partial charge in [-0.2, -0.15) is 5.48 Å². The second-order valence-corrected chi connectivity index (χ2v) is 1.69. The fourth-order valence-corrected chi connectivity index (χ4v) is 0.645. The Morgan fingerprint density at radius 1 is 1.89 bits per heavy atom. The molecule has 0 bridgehead atoms. The molecule has 0 saturated heterocycles. The SMILES string of the molecule is O=CNOc1csnn1. The second-order valence-electron chi connectivity index (χ2n) is 1.08. The molecule has 5 nitrogen and oxygen atoms in total. The maximum absolute atomic E-state index is 9.62. The largest absolute Gasteiger partial charge is 0.357 e. The predicted octanol–water partition coefficient (Wildman–Crippen LogP) is -0.422. The van der Waals surface area contributed by atoms with E-state index >= 15 is 0 Å². The lowest BCUT2D eigenvalue weighted by Crippen LogP contribution is -2.15. The van der Waals surface area contributed by atoms with Crippen LogP contribution in [0.15, 0.2) is 5.38 Å². The van der Waals surface area contributed by atoms with Crippen LogP contribution in [-0.4, -0.2) is 16.0 Å². The van der Waals surface area contributed by atoms with E-state index in [0.29, 0.717) is 12.3 Å². The lowest BCUT2D eigenvalue weighted by atomic mass is 10.9. The van der Waals surface area contributed by atoms with Crippen molar-refractivity contribution in [3.8, 4) is 5.88 Å². The summed E-state index contributed by atoms with van der Waals surface area (Å²) in [5.74, 6) is 0.298.